The van der Waals surface area contributed by atoms with Crippen LogP contribution in [0, 0.1) is 5.92 Å². The van der Waals surface area contributed by atoms with Gasteiger partial charge < -0.3 is 25.2 Å². The topological polar surface area (TPSA) is 114 Å². The number of hydrogen-bond acceptors (Lipinski definition) is 5. The molecule has 1 aliphatic carbocycles. The summed E-state index contributed by atoms with van der Waals surface area (Å²) in [6.45, 7) is 4.22. The molecule has 3 N–H and O–H groups in total. The van der Waals surface area contributed by atoms with E-state index >= 15 is 0 Å². The van der Waals surface area contributed by atoms with Gasteiger partial charge in [-0.15, -0.1) is 0 Å². The van der Waals surface area contributed by atoms with Crippen molar-refractivity contribution in [3.05, 3.63) is 95.6 Å². The number of carboxylic acids is 1. The van der Waals surface area contributed by atoms with Crippen molar-refractivity contribution in [1.29, 1.82) is 0 Å². The Kier molecular flexibility index (Phi) is 9.91. The first-order valence-electron chi connectivity index (χ1n) is 13.6. The summed E-state index contributed by atoms with van der Waals surface area (Å²) < 4.78 is 11.3. The first kappa shape index (κ1) is 28.8. The van der Waals surface area contributed by atoms with E-state index in [0.717, 1.165) is 27.8 Å². The molecule has 3 atom stereocenters. The van der Waals surface area contributed by atoms with Crippen molar-refractivity contribution in [3.8, 4) is 11.1 Å². The van der Waals surface area contributed by atoms with Gasteiger partial charge in [-0.2, -0.15) is 0 Å². The molecule has 0 radical (unpaired) electrons. The van der Waals surface area contributed by atoms with Crippen molar-refractivity contribution in [3.63, 3.8) is 0 Å². The molecule has 3 aromatic rings. The Hall–Kier alpha value is -4.17. The van der Waals surface area contributed by atoms with Gasteiger partial charge in [0, 0.05) is 18.9 Å². The fourth-order valence-corrected chi connectivity index (χ4v) is 5.01. The number of benzene rings is 3. The Bertz CT molecular complexity index is 1270. The summed E-state index contributed by atoms with van der Waals surface area (Å²) in [5.74, 6) is -1.80. The highest BCUT2D eigenvalue weighted by atomic mass is 16.5. The largest absolute Gasteiger partial charge is 0.480 e. The first-order valence-corrected chi connectivity index (χ1v) is 13.6. The molecule has 2 amide bonds. The Morgan fingerprint density at radius 3 is 2.10 bits per heavy atom. The molecule has 1 unspecified atom stereocenters. The number of fused-ring (bicyclic) bond motifs is 3. The van der Waals surface area contributed by atoms with E-state index in [9.17, 15) is 19.5 Å². The number of alkyl carbamates (subject to hydrolysis) is 1. The number of carboxylic acid groups (broad SMARTS) is 1. The van der Waals surface area contributed by atoms with Gasteiger partial charge in [0.15, 0.2) is 6.04 Å². The number of ether oxygens (including phenoxy) is 2. The number of aliphatic carboxylic acids is 1. The Labute approximate surface area is 234 Å². The van der Waals surface area contributed by atoms with Gasteiger partial charge >= 0.3 is 12.1 Å². The Balaban J connectivity index is 1.24. The third-order valence-corrected chi connectivity index (χ3v) is 7.34. The monoisotopic (exact) mass is 544 g/mol. The second kappa shape index (κ2) is 13.8. The Morgan fingerprint density at radius 2 is 1.50 bits per heavy atom. The van der Waals surface area contributed by atoms with Crippen molar-refractivity contribution in [2.75, 3.05) is 13.2 Å². The number of hydrogen-bond donors (Lipinski definition) is 3. The molecule has 8 nitrogen and oxygen atoms in total. The minimum Gasteiger partial charge on any atom is -0.480 e. The smallest absolute Gasteiger partial charge is 0.407 e. The van der Waals surface area contributed by atoms with Crippen LogP contribution in [-0.2, 0) is 25.7 Å². The lowest BCUT2D eigenvalue weighted by atomic mass is 9.98. The second-order valence-electron chi connectivity index (χ2n) is 10.1. The van der Waals surface area contributed by atoms with E-state index in [4.69, 9.17) is 9.47 Å². The van der Waals surface area contributed by atoms with Gasteiger partial charge in [0.25, 0.3) is 0 Å². The normalized spacial score (nSPS) is 14.3. The van der Waals surface area contributed by atoms with Crippen LogP contribution in [0.4, 0.5) is 4.79 Å². The average molecular weight is 545 g/mol. The van der Waals surface area contributed by atoms with Crippen LogP contribution < -0.4 is 10.6 Å². The molecule has 1 aliphatic rings. The van der Waals surface area contributed by atoms with Crippen LogP contribution in [0.1, 0.15) is 49.3 Å². The SMILES string of the molecule is CCC(CNC(=O)OCC1c2ccccc2-c2ccccc21)CC(=O)N[C@@H](C(=O)O)[C@H](C)OCc1ccccc1. The summed E-state index contributed by atoms with van der Waals surface area (Å²) in [7, 11) is 0. The fourth-order valence-electron chi connectivity index (χ4n) is 5.01. The highest BCUT2D eigenvalue weighted by Crippen LogP contribution is 2.44. The molecular formula is C32H36N2O6. The van der Waals surface area contributed by atoms with Crippen LogP contribution in [0.25, 0.3) is 11.1 Å². The van der Waals surface area contributed by atoms with E-state index in [0.29, 0.717) is 6.42 Å². The summed E-state index contributed by atoms with van der Waals surface area (Å²) in [5.41, 5.74) is 5.49. The van der Waals surface area contributed by atoms with Gasteiger partial charge in [0.05, 0.1) is 12.7 Å². The second-order valence-corrected chi connectivity index (χ2v) is 10.1. The predicted molar refractivity (Wildman–Crippen MR) is 152 cm³/mol. The van der Waals surface area contributed by atoms with Gasteiger partial charge in [-0.3, -0.25) is 4.79 Å². The summed E-state index contributed by atoms with van der Waals surface area (Å²) in [6, 6.07) is 24.5. The molecule has 0 fully saturated rings. The molecule has 0 bridgehead atoms. The van der Waals surface area contributed by atoms with E-state index < -0.39 is 30.1 Å². The lowest BCUT2D eigenvalue weighted by Gasteiger charge is -2.23. The van der Waals surface area contributed by atoms with Crippen molar-refractivity contribution in [2.24, 2.45) is 5.92 Å². The van der Waals surface area contributed by atoms with E-state index in [-0.39, 0.29) is 38.0 Å². The van der Waals surface area contributed by atoms with Crippen LogP contribution >= 0.6 is 0 Å². The minimum absolute atomic E-state index is 0.0371. The fraction of sp³-hybridized carbons (Fsp3) is 0.344. The van der Waals surface area contributed by atoms with Crippen LogP contribution in [0.5, 0.6) is 0 Å². The molecule has 0 saturated carbocycles. The number of amides is 2. The van der Waals surface area contributed by atoms with E-state index in [1.54, 1.807) is 6.92 Å². The maximum absolute atomic E-state index is 12.7. The standard InChI is InChI=1S/C32H36N2O6/c1-3-22(17-29(35)34-30(31(36)37)21(2)39-19-23-11-5-4-6-12-23)18-33-32(38)40-20-28-26-15-9-7-13-24(26)25-14-8-10-16-27(25)28/h4-16,21-22,28,30H,3,17-20H2,1-2H3,(H,33,38)(H,34,35)(H,36,37)/t21-,22?,30+/m0/s1. The van der Waals surface area contributed by atoms with Gasteiger partial charge in [0.1, 0.15) is 6.61 Å². The lowest BCUT2D eigenvalue weighted by molar-refractivity contribution is -0.146. The number of nitrogens with one attached hydrogen (secondary N) is 2. The third-order valence-electron chi connectivity index (χ3n) is 7.34. The van der Waals surface area contributed by atoms with E-state index in [2.05, 4.69) is 34.9 Å². The molecule has 0 aliphatic heterocycles. The van der Waals surface area contributed by atoms with Crippen molar-refractivity contribution < 1.29 is 29.0 Å². The molecule has 210 valence electrons. The molecule has 40 heavy (non-hydrogen) atoms. The number of rotatable bonds is 13. The molecule has 8 heteroatoms. The zero-order chi connectivity index (χ0) is 28.5. The molecule has 0 aromatic heterocycles. The Morgan fingerprint density at radius 1 is 0.900 bits per heavy atom. The highest BCUT2D eigenvalue weighted by molar-refractivity contribution is 5.84. The van der Waals surface area contributed by atoms with Gasteiger partial charge in [0.2, 0.25) is 5.91 Å². The number of carbonyl (C=O) groups is 3. The zero-order valence-electron chi connectivity index (χ0n) is 22.8. The molecule has 0 spiro atoms. The predicted octanol–water partition coefficient (Wildman–Crippen LogP) is 5.12. The molecule has 3 aromatic carbocycles. The quantitative estimate of drug-likeness (QED) is 0.275. The van der Waals surface area contributed by atoms with Crippen LogP contribution in [-0.4, -0.2) is 48.4 Å². The molecule has 0 saturated heterocycles. The number of carbonyl (C=O) groups excluding carboxylic acids is 2. The summed E-state index contributed by atoms with van der Waals surface area (Å²) in [5, 5.41) is 15.0. The average Bonchev–Trinajstić information content (AvgIpc) is 3.29. The van der Waals surface area contributed by atoms with Gasteiger partial charge in [-0.25, -0.2) is 9.59 Å². The van der Waals surface area contributed by atoms with E-state index in [1.807, 2.05) is 61.5 Å². The highest BCUT2D eigenvalue weighted by Gasteiger charge is 2.30. The maximum Gasteiger partial charge on any atom is 0.407 e. The summed E-state index contributed by atoms with van der Waals surface area (Å²) in [6.07, 6.45) is -0.600. The lowest BCUT2D eigenvalue weighted by Crippen LogP contribution is -2.49. The molecule has 4 rings (SSSR count). The van der Waals surface area contributed by atoms with E-state index in [1.165, 1.54) is 0 Å². The zero-order valence-corrected chi connectivity index (χ0v) is 22.8. The molecular weight excluding hydrogens is 508 g/mol. The minimum atomic E-state index is -1.19. The summed E-state index contributed by atoms with van der Waals surface area (Å²) >= 11 is 0. The van der Waals surface area contributed by atoms with Crippen LogP contribution in [0.3, 0.4) is 0 Å². The third kappa shape index (κ3) is 7.27. The van der Waals surface area contributed by atoms with Gasteiger partial charge in [-0.1, -0.05) is 92.2 Å². The van der Waals surface area contributed by atoms with Crippen LogP contribution in [0.15, 0.2) is 78.9 Å². The summed E-state index contributed by atoms with van der Waals surface area (Å²) in [4.78, 5) is 37.1. The van der Waals surface area contributed by atoms with Crippen LogP contribution in [0.2, 0.25) is 0 Å². The van der Waals surface area contributed by atoms with Crippen molar-refractivity contribution >= 4 is 18.0 Å². The van der Waals surface area contributed by atoms with Gasteiger partial charge in [-0.05, 0) is 40.7 Å². The first-order chi connectivity index (χ1) is 19.4. The maximum atomic E-state index is 12.7. The van der Waals surface area contributed by atoms with Crippen molar-refractivity contribution in [1.82, 2.24) is 10.6 Å². The molecule has 0 heterocycles. The van der Waals surface area contributed by atoms with Crippen molar-refractivity contribution in [2.45, 2.75) is 51.4 Å².